The van der Waals surface area contributed by atoms with Gasteiger partial charge in [0.05, 0.1) is 12.8 Å². The molecule has 2 rings (SSSR count). The van der Waals surface area contributed by atoms with E-state index >= 15 is 0 Å². The predicted molar refractivity (Wildman–Crippen MR) is 83.8 cm³/mol. The van der Waals surface area contributed by atoms with Crippen molar-refractivity contribution in [3.8, 4) is 5.75 Å². The van der Waals surface area contributed by atoms with Gasteiger partial charge in [-0.05, 0) is 54.8 Å². The number of halogens is 1. The molecule has 0 saturated carbocycles. The number of nitrogen functional groups attached to an aromatic ring is 1. The molecule has 0 radical (unpaired) electrons. The molecule has 0 aromatic heterocycles. The highest BCUT2D eigenvalue weighted by Crippen LogP contribution is 2.22. The fourth-order valence-electron chi connectivity index (χ4n) is 2.19. The van der Waals surface area contributed by atoms with Gasteiger partial charge in [0.25, 0.3) is 0 Å². The molecule has 0 spiro atoms. The van der Waals surface area contributed by atoms with Gasteiger partial charge in [-0.2, -0.15) is 0 Å². The molecule has 2 aromatic carbocycles. The average Bonchev–Trinajstić information content (AvgIpc) is 2.49. The van der Waals surface area contributed by atoms with Gasteiger partial charge < -0.3 is 15.8 Å². The minimum Gasteiger partial charge on any atom is -0.495 e. The maximum Gasteiger partial charge on any atom is 0.141 e. The van der Waals surface area contributed by atoms with Gasteiger partial charge >= 0.3 is 0 Å². The highest BCUT2D eigenvalue weighted by atomic mass is 19.1. The van der Waals surface area contributed by atoms with Crippen molar-refractivity contribution in [3.63, 3.8) is 0 Å². The number of rotatable bonds is 7. The van der Waals surface area contributed by atoms with Gasteiger partial charge in [-0.1, -0.05) is 18.2 Å². The summed E-state index contributed by atoms with van der Waals surface area (Å²) in [5.74, 6) is 0.518. The number of hydrogen-bond acceptors (Lipinski definition) is 3. The predicted octanol–water partition coefficient (Wildman–Crippen LogP) is 3.14. The van der Waals surface area contributed by atoms with Gasteiger partial charge in [-0.25, -0.2) is 4.39 Å². The Labute approximate surface area is 124 Å². The van der Waals surface area contributed by atoms with Crippen molar-refractivity contribution in [2.24, 2.45) is 0 Å². The maximum atomic E-state index is 12.8. The molecule has 3 N–H and O–H groups in total. The van der Waals surface area contributed by atoms with E-state index in [4.69, 9.17) is 10.5 Å². The highest BCUT2D eigenvalue weighted by molar-refractivity contribution is 5.54. The van der Waals surface area contributed by atoms with Crippen molar-refractivity contribution in [3.05, 3.63) is 59.4 Å². The molecule has 0 aliphatic heterocycles. The SMILES string of the molecule is COc1ccc(CCCNCc2ccc(F)cc2)cc1N. The molecular formula is C17H21FN2O. The molecule has 0 atom stereocenters. The van der Waals surface area contributed by atoms with Crippen LogP contribution in [-0.4, -0.2) is 13.7 Å². The van der Waals surface area contributed by atoms with Crippen LogP contribution in [0.1, 0.15) is 17.5 Å². The van der Waals surface area contributed by atoms with Crippen molar-refractivity contribution in [2.45, 2.75) is 19.4 Å². The summed E-state index contributed by atoms with van der Waals surface area (Å²) < 4.78 is 17.9. The van der Waals surface area contributed by atoms with Gasteiger partial charge in [0.1, 0.15) is 11.6 Å². The minimum atomic E-state index is -0.198. The largest absolute Gasteiger partial charge is 0.495 e. The number of benzene rings is 2. The monoisotopic (exact) mass is 288 g/mol. The van der Waals surface area contributed by atoms with Gasteiger partial charge in [0, 0.05) is 6.54 Å². The lowest BCUT2D eigenvalue weighted by molar-refractivity contribution is 0.417. The second-order valence-electron chi connectivity index (χ2n) is 4.98. The van der Waals surface area contributed by atoms with Crippen LogP contribution in [0.4, 0.5) is 10.1 Å². The molecule has 0 amide bonds. The second-order valence-corrected chi connectivity index (χ2v) is 4.98. The summed E-state index contributed by atoms with van der Waals surface area (Å²) in [4.78, 5) is 0. The van der Waals surface area contributed by atoms with Crippen molar-refractivity contribution >= 4 is 5.69 Å². The standard InChI is InChI=1S/C17H21FN2O/c1-21-17-9-6-13(11-16(17)19)3-2-10-20-12-14-4-7-15(18)8-5-14/h4-9,11,20H,2-3,10,12,19H2,1H3. The van der Waals surface area contributed by atoms with E-state index in [1.807, 2.05) is 18.2 Å². The fraction of sp³-hybridized carbons (Fsp3) is 0.294. The van der Waals surface area contributed by atoms with Crippen LogP contribution in [-0.2, 0) is 13.0 Å². The number of hydrogen-bond donors (Lipinski definition) is 2. The summed E-state index contributed by atoms with van der Waals surface area (Å²) in [5.41, 5.74) is 8.85. The zero-order valence-corrected chi connectivity index (χ0v) is 12.2. The quantitative estimate of drug-likeness (QED) is 0.608. The van der Waals surface area contributed by atoms with Gasteiger partial charge in [-0.15, -0.1) is 0 Å². The molecule has 3 nitrogen and oxygen atoms in total. The number of nitrogens with two attached hydrogens (primary N) is 1. The van der Waals surface area contributed by atoms with E-state index in [0.717, 1.165) is 31.5 Å². The van der Waals surface area contributed by atoms with Crippen LogP contribution in [0.3, 0.4) is 0 Å². The zero-order chi connectivity index (χ0) is 15.1. The maximum absolute atomic E-state index is 12.8. The Morgan fingerprint density at radius 2 is 1.81 bits per heavy atom. The van der Waals surface area contributed by atoms with Crippen molar-refractivity contribution in [1.29, 1.82) is 0 Å². The van der Waals surface area contributed by atoms with Crippen LogP contribution in [0.25, 0.3) is 0 Å². The lowest BCUT2D eigenvalue weighted by atomic mass is 10.1. The van der Waals surface area contributed by atoms with E-state index in [0.29, 0.717) is 11.4 Å². The van der Waals surface area contributed by atoms with Crippen molar-refractivity contribution < 1.29 is 9.13 Å². The fourth-order valence-corrected chi connectivity index (χ4v) is 2.19. The molecular weight excluding hydrogens is 267 g/mol. The topological polar surface area (TPSA) is 47.3 Å². The first-order chi connectivity index (χ1) is 10.2. The number of aryl methyl sites for hydroxylation is 1. The van der Waals surface area contributed by atoms with Crippen LogP contribution >= 0.6 is 0 Å². The molecule has 0 heterocycles. The normalized spacial score (nSPS) is 10.6. The van der Waals surface area contributed by atoms with E-state index in [2.05, 4.69) is 5.32 Å². The second kappa shape index (κ2) is 7.64. The molecule has 0 fully saturated rings. The molecule has 0 unspecified atom stereocenters. The van der Waals surface area contributed by atoms with Crippen LogP contribution in [0, 0.1) is 5.82 Å². The molecule has 21 heavy (non-hydrogen) atoms. The Morgan fingerprint density at radius 1 is 1.10 bits per heavy atom. The summed E-state index contributed by atoms with van der Waals surface area (Å²) in [7, 11) is 1.62. The van der Waals surface area contributed by atoms with Gasteiger partial charge in [-0.3, -0.25) is 0 Å². The third kappa shape index (κ3) is 4.76. The molecule has 0 aliphatic rings. The summed E-state index contributed by atoms with van der Waals surface area (Å²) in [5, 5.41) is 3.35. The summed E-state index contributed by atoms with van der Waals surface area (Å²) >= 11 is 0. The zero-order valence-electron chi connectivity index (χ0n) is 12.2. The van der Waals surface area contributed by atoms with Gasteiger partial charge in [0.2, 0.25) is 0 Å². The lowest BCUT2D eigenvalue weighted by Gasteiger charge is -2.08. The lowest BCUT2D eigenvalue weighted by Crippen LogP contribution is -2.15. The highest BCUT2D eigenvalue weighted by Gasteiger charge is 2.00. The van der Waals surface area contributed by atoms with Crippen LogP contribution < -0.4 is 15.8 Å². The van der Waals surface area contributed by atoms with Crippen LogP contribution in [0.2, 0.25) is 0 Å². The number of methoxy groups -OCH3 is 1. The Balaban J connectivity index is 1.70. The molecule has 4 heteroatoms. The molecule has 0 saturated heterocycles. The Morgan fingerprint density at radius 3 is 2.48 bits per heavy atom. The first kappa shape index (κ1) is 15.3. The Hall–Kier alpha value is -2.07. The van der Waals surface area contributed by atoms with Crippen molar-refractivity contribution in [1.82, 2.24) is 5.32 Å². The Bertz CT molecular complexity index is 570. The number of ether oxygens (including phenoxy) is 1. The van der Waals surface area contributed by atoms with E-state index in [9.17, 15) is 4.39 Å². The van der Waals surface area contributed by atoms with E-state index in [-0.39, 0.29) is 5.82 Å². The van der Waals surface area contributed by atoms with Crippen LogP contribution in [0.15, 0.2) is 42.5 Å². The Kier molecular flexibility index (Phi) is 5.58. The summed E-state index contributed by atoms with van der Waals surface area (Å²) in [6.07, 6.45) is 1.98. The smallest absolute Gasteiger partial charge is 0.141 e. The summed E-state index contributed by atoms with van der Waals surface area (Å²) in [6.45, 7) is 1.66. The molecule has 2 aromatic rings. The average molecular weight is 288 g/mol. The third-order valence-electron chi connectivity index (χ3n) is 3.36. The summed E-state index contributed by atoms with van der Waals surface area (Å²) in [6, 6.07) is 12.5. The molecule has 0 aliphatic carbocycles. The number of anilines is 1. The van der Waals surface area contributed by atoms with Crippen LogP contribution in [0.5, 0.6) is 5.75 Å². The van der Waals surface area contributed by atoms with E-state index in [1.54, 1.807) is 19.2 Å². The van der Waals surface area contributed by atoms with E-state index < -0.39 is 0 Å². The molecule has 0 bridgehead atoms. The minimum absolute atomic E-state index is 0.198. The first-order valence-corrected chi connectivity index (χ1v) is 7.06. The van der Waals surface area contributed by atoms with Crippen molar-refractivity contribution in [2.75, 3.05) is 19.4 Å². The third-order valence-corrected chi connectivity index (χ3v) is 3.36. The van der Waals surface area contributed by atoms with E-state index in [1.165, 1.54) is 17.7 Å². The number of nitrogens with one attached hydrogen (secondary N) is 1. The molecule has 112 valence electrons. The first-order valence-electron chi connectivity index (χ1n) is 7.06. The van der Waals surface area contributed by atoms with Gasteiger partial charge in [0.15, 0.2) is 0 Å².